The van der Waals surface area contributed by atoms with Crippen molar-refractivity contribution in [3.63, 3.8) is 0 Å². The Morgan fingerprint density at radius 2 is 2.45 bits per heavy atom. The van der Waals surface area contributed by atoms with Crippen LogP contribution >= 0.6 is 0 Å². The second-order valence-electron chi connectivity index (χ2n) is 2.09. The van der Waals surface area contributed by atoms with Crippen molar-refractivity contribution in [2.24, 2.45) is 0 Å². The van der Waals surface area contributed by atoms with Crippen LogP contribution in [-0.2, 0) is 0 Å². The Morgan fingerprint density at radius 3 is 3.09 bits per heavy atom. The molecule has 0 aliphatic heterocycles. The van der Waals surface area contributed by atoms with Crippen LogP contribution in [0, 0.1) is 0 Å². The standard InChI is InChI=1S/C7H10FN3/c8-2-4-11-7-5-6(9)1-3-10-7/h1,3,5H,2,4H2,(H3,9,10,11). The van der Waals surface area contributed by atoms with Crippen LogP contribution in [0.4, 0.5) is 15.9 Å². The van der Waals surface area contributed by atoms with Crippen LogP contribution < -0.4 is 11.1 Å². The number of halogens is 1. The Bertz CT molecular complexity index is 227. The van der Waals surface area contributed by atoms with E-state index in [1.165, 1.54) is 0 Å². The second kappa shape index (κ2) is 3.75. The molecule has 11 heavy (non-hydrogen) atoms. The largest absolute Gasteiger partial charge is 0.399 e. The number of pyridine rings is 1. The summed E-state index contributed by atoms with van der Waals surface area (Å²) in [6.07, 6.45) is 1.58. The molecule has 0 spiro atoms. The minimum absolute atomic E-state index is 0.274. The van der Waals surface area contributed by atoms with E-state index in [4.69, 9.17) is 5.73 Å². The van der Waals surface area contributed by atoms with Crippen LogP contribution in [-0.4, -0.2) is 18.2 Å². The Hall–Kier alpha value is -1.32. The van der Waals surface area contributed by atoms with E-state index in [0.717, 1.165) is 0 Å². The average molecular weight is 155 g/mol. The van der Waals surface area contributed by atoms with Gasteiger partial charge in [-0.1, -0.05) is 0 Å². The lowest BCUT2D eigenvalue weighted by Gasteiger charge is -2.01. The molecule has 0 atom stereocenters. The maximum absolute atomic E-state index is 11.7. The van der Waals surface area contributed by atoms with Crippen LogP contribution in [0.15, 0.2) is 18.3 Å². The van der Waals surface area contributed by atoms with Gasteiger partial charge in [-0.15, -0.1) is 0 Å². The molecule has 3 nitrogen and oxygen atoms in total. The summed E-state index contributed by atoms with van der Waals surface area (Å²) in [5.41, 5.74) is 6.08. The number of aromatic nitrogens is 1. The quantitative estimate of drug-likeness (QED) is 0.685. The van der Waals surface area contributed by atoms with Crippen molar-refractivity contribution in [3.05, 3.63) is 18.3 Å². The molecule has 0 radical (unpaired) electrons. The van der Waals surface area contributed by atoms with Crippen LogP contribution in [0.5, 0.6) is 0 Å². The summed E-state index contributed by atoms with van der Waals surface area (Å²) in [4.78, 5) is 3.92. The zero-order valence-corrected chi connectivity index (χ0v) is 6.05. The molecule has 0 aromatic carbocycles. The van der Waals surface area contributed by atoms with Gasteiger partial charge in [0.2, 0.25) is 0 Å². The second-order valence-corrected chi connectivity index (χ2v) is 2.09. The Labute approximate surface area is 64.4 Å². The monoisotopic (exact) mass is 155 g/mol. The summed E-state index contributed by atoms with van der Waals surface area (Å²) in [6, 6.07) is 3.34. The molecule has 0 aliphatic rings. The summed E-state index contributed by atoms with van der Waals surface area (Å²) in [5, 5.41) is 2.77. The zero-order valence-electron chi connectivity index (χ0n) is 6.05. The Kier molecular flexibility index (Phi) is 2.66. The van der Waals surface area contributed by atoms with Crippen molar-refractivity contribution in [3.8, 4) is 0 Å². The summed E-state index contributed by atoms with van der Waals surface area (Å²) < 4.78 is 11.7. The van der Waals surface area contributed by atoms with Crippen molar-refractivity contribution in [2.75, 3.05) is 24.3 Å². The van der Waals surface area contributed by atoms with Crippen LogP contribution in [0.2, 0.25) is 0 Å². The van der Waals surface area contributed by atoms with Crippen molar-refractivity contribution >= 4 is 11.5 Å². The third kappa shape index (κ3) is 2.41. The van der Waals surface area contributed by atoms with Crippen LogP contribution in [0.1, 0.15) is 0 Å². The highest BCUT2D eigenvalue weighted by Crippen LogP contribution is 2.06. The first-order valence-corrected chi connectivity index (χ1v) is 3.34. The van der Waals surface area contributed by atoms with Gasteiger partial charge in [0.25, 0.3) is 0 Å². The number of nitrogen functional groups attached to an aromatic ring is 1. The number of hydrogen-bond acceptors (Lipinski definition) is 3. The van der Waals surface area contributed by atoms with Crippen molar-refractivity contribution in [1.29, 1.82) is 0 Å². The Morgan fingerprint density at radius 1 is 1.64 bits per heavy atom. The topological polar surface area (TPSA) is 50.9 Å². The highest BCUT2D eigenvalue weighted by Gasteiger charge is 1.91. The number of alkyl halides is 1. The van der Waals surface area contributed by atoms with Crippen molar-refractivity contribution < 1.29 is 4.39 Å². The molecule has 4 heteroatoms. The molecule has 1 aromatic heterocycles. The lowest BCUT2D eigenvalue weighted by Crippen LogP contribution is -2.04. The number of nitrogens with two attached hydrogens (primary N) is 1. The van der Waals surface area contributed by atoms with Gasteiger partial charge in [-0.3, -0.25) is 0 Å². The van der Waals surface area contributed by atoms with Gasteiger partial charge >= 0.3 is 0 Å². The third-order valence-electron chi connectivity index (χ3n) is 1.18. The fraction of sp³-hybridized carbons (Fsp3) is 0.286. The molecule has 0 aliphatic carbocycles. The number of rotatable bonds is 3. The first kappa shape index (κ1) is 7.78. The highest BCUT2D eigenvalue weighted by atomic mass is 19.1. The SMILES string of the molecule is Nc1ccnc(NCCF)c1. The van der Waals surface area contributed by atoms with Gasteiger partial charge in [-0.25, -0.2) is 9.37 Å². The van der Waals surface area contributed by atoms with Crippen molar-refractivity contribution in [1.82, 2.24) is 4.98 Å². The molecule has 0 unspecified atom stereocenters. The van der Waals surface area contributed by atoms with Gasteiger partial charge in [0.1, 0.15) is 12.5 Å². The maximum atomic E-state index is 11.7. The summed E-state index contributed by atoms with van der Waals surface area (Å²) in [6.45, 7) is -0.132. The molecule has 0 amide bonds. The predicted octanol–water partition coefficient (Wildman–Crippen LogP) is 1.05. The molecular weight excluding hydrogens is 145 g/mol. The molecule has 0 bridgehead atoms. The predicted molar refractivity (Wildman–Crippen MR) is 43.1 cm³/mol. The van der Waals surface area contributed by atoms with Gasteiger partial charge in [0.15, 0.2) is 0 Å². The fourth-order valence-electron chi connectivity index (χ4n) is 0.719. The van der Waals surface area contributed by atoms with Gasteiger partial charge in [-0.05, 0) is 6.07 Å². The third-order valence-corrected chi connectivity index (χ3v) is 1.18. The van der Waals surface area contributed by atoms with E-state index in [9.17, 15) is 4.39 Å². The summed E-state index contributed by atoms with van der Waals surface area (Å²) in [7, 11) is 0. The van der Waals surface area contributed by atoms with Gasteiger partial charge < -0.3 is 11.1 Å². The van der Waals surface area contributed by atoms with E-state index in [1.807, 2.05) is 0 Å². The van der Waals surface area contributed by atoms with Gasteiger partial charge in [0.05, 0.1) is 0 Å². The van der Waals surface area contributed by atoms with Crippen molar-refractivity contribution in [2.45, 2.75) is 0 Å². The zero-order chi connectivity index (χ0) is 8.10. The lowest BCUT2D eigenvalue weighted by atomic mass is 10.4. The van der Waals surface area contributed by atoms with E-state index < -0.39 is 6.67 Å². The fourth-order valence-corrected chi connectivity index (χ4v) is 0.719. The number of anilines is 2. The smallest absolute Gasteiger partial charge is 0.128 e. The van der Waals surface area contributed by atoms with E-state index >= 15 is 0 Å². The lowest BCUT2D eigenvalue weighted by molar-refractivity contribution is 0.512. The number of hydrogen-bond donors (Lipinski definition) is 2. The first-order chi connectivity index (χ1) is 5.33. The molecule has 0 saturated heterocycles. The summed E-state index contributed by atoms with van der Waals surface area (Å²) >= 11 is 0. The normalized spacial score (nSPS) is 9.55. The molecule has 3 N–H and O–H groups in total. The number of nitrogens with one attached hydrogen (secondary N) is 1. The van der Waals surface area contributed by atoms with Gasteiger partial charge in [0, 0.05) is 24.5 Å². The van der Waals surface area contributed by atoms with E-state index in [1.54, 1.807) is 18.3 Å². The van der Waals surface area contributed by atoms with E-state index in [0.29, 0.717) is 11.5 Å². The molecule has 60 valence electrons. The first-order valence-electron chi connectivity index (χ1n) is 3.34. The average Bonchev–Trinajstić information content (AvgIpc) is 2.01. The van der Waals surface area contributed by atoms with Gasteiger partial charge in [-0.2, -0.15) is 0 Å². The van der Waals surface area contributed by atoms with Crippen LogP contribution in [0.25, 0.3) is 0 Å². The van der Waals surface area contributed by atoms with Crippen LogP contribution in [0.3, 0.4) is 0 Å². The molecule has 1 heterocycles. The highest BCUT2D eigenvalue weighted by molar-refractivity contribution is 5.48. The molecule has 0 fully saturated rings. The van der Waals surface area contributed by atoms with E-state index in [2.05, 4.69) is 10.3 Å². The molecule has 0 saturated carbocycles. The molecule has 1 aromatic rings. The molecular formula is C7H10FN3. The number of nitrogens with zero attached hydrogens (tertiary/aromatic N) is 1. The maximum Gasteiger partial charge on any atom is 0.128 e. The Balaban J connectivity index is 2.56. The summed E-state index contributed by atoms with van der Waals surface area (Å²) in [5.74, 6) is 0.614. The minimum Gasteiger partial charge on any atom is -0.399 e. The minimum atomic E-state index is -0.406. The van der Waals surface area contributed by atoms with E-state index in [-0.39, 0.29) is 6.54 Å². The molecule has 1 rings (SSSR count).